The Hall–Kier alpha value is -4.92. The number of carbonyl (C=O) groups is 2. The molecule has 243 valence electrons. The van der Waals surface area contributed by atoms with Gasteiger partial charge in [0.2, 0.25) is 5.91 Å². The van der Waals surface area contributed by atoms with Crippen LogP contribution in [0.15, 0.2) is 103 Å². The number of ether oxygens (including phenoxy) is 1. The van der Waals surface area contributed by atoms with Crippen LogP contribution in [-0.2, 0) is 9.77 Å². The third-order valence-corrected chi connectivity index (χ3v) is 12.1. The lowest BCUT2D eigenvalue weighted by molar-refractivity contribution is -0.539. The second kappa shape index (κ2) is 13.1. The lowest BCUT2D eigenvalue weighted by atomic mass is 9.84. The number of hydrogen-bond donors (Lipinski definition) is 2. The minimum absolute atomic E-state index is 0.0570. The molecule has 47 heavy (non-hydrogen) atoms. The molecule has 1 aliphatic rings. The van der Waals surface area contributed by atoms with E-state index in [0.29, 0.717) is 28.3 Å². The molecule has 0 spiro atoms. The SMILES string of the molecule is CC1(C)N([O])C(c2ccc(OCCCNC(=O)c3ccc(C(N)=O)cc3P(=O)(c3ccccc3)c3ccccc3)cc2)=[N+]([O-])C1(C)C. The molecular formula is C36H38N4O6P. The van der Waals surface area contributed by atoms with Gasteiger partial charge in [0.25, 0.3) is 5.91 Å². The highest BCUT2D eigenvalue weighted by molar-refractivity contribution is 7.85. The summed E-state index contributed by atoms with van der Waals surface area (Å²) >= 11 is 0. The van der Waals surface area contributed by atoms with Crippen molar-refractivity contribution in [2.75, 3.05) is 13.2 Å². The topological polar surface area (TPSA) is 148 Å². The van der Waals surface area contributed by atoms with Crippen LogP contribution in [0.4, 0.5) is 0 Å². The van der Waals surface area contributed by atoms with Crippen LogP contribution in [0.3, 0.4) is 0 Å². The number of hydroxylamine groups is 3. The summed E-state index contributed by atoms with van der Waals surface area (Å²) in [5.74, 6) is -0.540. The van der Waals surface area contributed by atoms with Crippen LogP contribution in [0.1, 0.15) is 60.4 Å². The molecule has 4 aromatic carbocycles. The van der Waals surface area contributed by atoms with E-state index in [9.17, 15) is 20.0 Å². The summed E-state index contributed by atoms with van der Waals surface area (Å²) in [4.78, 5) is 25.7. The lowest BCUT2D eigenvalue weighted by Gasteiger charge is -2.32. The summed E-state index contributed by atoms with van der Waals surface area (Å²) < 4.78 is 21.7. The summed E-state index contributed by atoms with van der Waals surface area (Å²) in [7, 11) is -3.59. The van der Waals surface area contributed by atoms with Gasteiger partial charge in [0.1, 0.15) is 11.3 Å². The van der Waals surface area contributed by atoms with Crippen LogP contribution in [-0.4, -0.2) is 51.7 Å². The van der Waals surface area contributed by atoms with Crippen LogP contribution in [0.2, 0.25) is 0 Å². The number of carbonyl (C=O) groups excluding carboxylic acids is 2. The molecule has 4 aromatic rings. The first-order valence-electron chi connectivity index (χ1n) is 15.3. The predicted molar refractivity (Wildman–Crippen MR) is 182 cm³/mol. The van der Waals surface area contributed by atoms with Gasteiger partial charge in [-0.15, -0.1) is 0 Å². The quantitative estimate of drug-likeness (QED) is 0.108. The first-order chi connectivity index (χ1) is 22.3. The van der Waals surface area contributed by atoms with Crippen LogP contribution in [0.25, 0.3) is 0 Å². The van der Waals surface area contributed by atoms with Gasteiger partial charge in [0.05, 0.1) is 17.7 Å². The summed E-state index contributed by atoms with van der Waals surface area (Å²) in [6.45, 7) is 7.52. The molecule has 0 aromatic heterocycles. The molecule has 0 bridgehead atoms. The summed E-state index contributed by atoms with van der Waals surface area (Å²) in [5, 5.41) is 30.8. The zero-order chi connectivity index (χ0) is 34.0. The standard InChI is InChI=1S/C36H38N4O6P/c1-35(2)36(3,4)40(44)34(39(35)43)25-16-19-27(20-17-25)46-23-11-22-38-33(42)30-21-18-26(32(37)41)24-31(30)47(45,28-12-7-5-8-13-28)29-14-9-6-10-15-29/h5-10,12-21,24H,11,22-23H2,1-4H3,(H2,37,41)(H,38,42). The molecule has 0 saturated heterocycles. The summed E-state index contributed by atoms with van der Waals surface area (Å²) in [5.41, 5.74) is 4.59. The van der Waals surface area contributed by atoms with Gasteiger partial charge in [-0.2, -0.15) is 0 Å². The third-order valence-electron chi connectivity index (χ3n) is 8.99. The minimum Gasteiger partial charge on any atom is -0.714 e. The number of amidine groups is 1. The largest absolute Gasteiger partial charge is 0.714 e. The number of nitrogens with two attached hydrogens (primary N) is 1. The Kier molecular flexibility index (Phi) is 9.29. The van der Waals surface area contributed by atoms with Gasteiger partial charge < -0.3 is 25.6 Å². The van der Waals surface area contributed by atoms with Crippen LogP contribution < -0.4 is 31.7 Å². The molecule has 2 amide bonds. The van der Waals surface area contributed by atoms with Crippen molar-refractivity contribution in [3.63, 3.8) is 0 Å². The van der Waals surface area contributed by atoms with Crippen molar-refractivity contribution in [2.45, 2.75) is 45.2 Å². The number of nitrogens with zero attached hydrogens (tertiary/aromatic N) is 2. The molecule has 11 heteroatoms. The van der Waals surface area contributed by atoms with Gasteiger partial charge in [-0.3, -0.25) is 14.3 Å². The van der Waals surface area contributed by atoms with E-state index in [2.05, 4.69) is 5.32 Å². The average molecular weight is 654 g/mol. The van der Waals surface area contributed by atoms with Gasteiger partial charge in [0.15, 0.2) is 12.7 Å². The van der Waals surface area contributed by atoms with Crippen LogP contribution in [0, 0.1) is 5.21 Å². The van der Waals surface area contributed by atoms with Gasteiger partial charge in [-0.05, 0) is 76.6 Å². The fourth-order valence-corrected chi connectivity index (χ4v) is 8.32. The zero-order valence-corrected chi connectivity index (χ0v) is 27.7. The Balaban J connectivity index is 1.29. The maximum Gasteiger partial charge on any atom is 0.316 e. The molecule has 0 unspecified atom stereocenters. The highest BCUT2D eigenvalue weighted by Crippen LogP contribution is 2.43. The first kappa shape index (κ1) is 33.4. The van der Waals surface area contributed by atoms with E-state index in [1.165, 1.54) is 18.2 Å². The van der Waals surface area contributed by atoms with E-state index in [4.69, 9.17) is 10.5 Å². The molecule has 0 saturated carbocycles. The molecule has 10 nitrogen and oxygen atoms in total. The van der Waals surface area contributed by atoms with Gasteiger partial charge in [-0.25, -0.2) is 0 Å². The van der Waals surface area contributed by atoms with Crippen molar-refractivity contribution in [1.29, 1.82) is 0 Å². The molecule has 3 N–H and O–H groups in total. The van der Waals surface area contributed by atoms with Crippen molar-refractivity contribution >= 4 is 40.7 Å². The average Bonchev–Trinajstić information content (AvgIpc) is 3.20. The first-order valence-corrected chi connectivity index (χ1v) is 17.0. The van der Waals surface area contributed by atoms with Crippen molar-refractivity contribution < 1.29 is 28.8 Å². The zero-order valence-electron chi connectivity index (χ0n) is 26.8. The maximum atomic E-state index is 15.1. The number of nitrogens with one attached hydrogen (secondary N) is 1. The number of amides is 2. The maximum absolute atomic E-state index is 15.1. The van der Waals surface area contributed by atoms with E-state index < -0.39 is 30.0 Å². The third kappa shape index (κ3) is 6.14. The van der Waals surface area contributed by atoms with Gasteiger partial charge >= 0.3 is 5.84 Å². The smallest absolute Gasteiger partial charge is 0.316 e. The van der Waals surface area contributed by atoms with E-state index in [0.717, 1.165) is 9.80 Å². The Labute approximate surface area is 274 Å². The van der Waals surface area contributed by atoms with E-state index in [-0.39, 0.29) is 35.4 Å². The van der Waals surface area contributed by atoms with Crippen molar-refractivity contribution in [3.05, 3.63) is 125 Å². The van der Waals surface area contributed by atoms with E-state index in [1.54, 1.807) is 100 Å². The van der Waals surface area contributed by atoms with Gasteiger partial charge in [-0.1, -0.05) is 65.7 Å². The predicted octanol–water partition coefficient (Wildman–Crippen LogP) is 4.10. The second-order valence-electron chi connectivity index (χ2n) is 12.4. The molecule has 0 atom stereocenters. The Morgan fingerprint density at radius 1 is 0.894 bits per heavy atom. The monoisotopic (exact) mass is 653 g/mol. The lowest BCUT2D eigenvalue weighted by Crippen LogP contribution is -2.53. The summed E-state index contributed by atoms with van der Waals surface area (Å²) in [6, 6.07) is 28.9. The molecule has 1 radical (unpaired) electrons. The van der Waals surface area contributed by atoms with E-state index >= 15 is 4.57 Å². The number of hydrogen-bond acceptors (Lipinski definition) is 6. The normalized spacial score (nSPS) is 15.4. The molecule has 5 rings (SSSR count). The minimum atomic E-state index is -3.59. The van der Waals surface area contributed by atoms with Gasteiger partial charge in [0, 0.05) is 33.2 Å². The number of benzene rings is 4. The highest BCUT2D eigenvalue weighted by Gasteiger charge is 2.59. The second-order valence-corrected chi connectivity index (χ2v) is 15.1. The number of primary amides is 1. The molecule has 0 fully saturated rings. The fourth-order valence-electron chi connectivity index (χ4n) is 5.44. The molecular weight excluding hydrogens is 615 g/mol. The van der Waals surface area contributed by atoms with Crippen molar-refractivity contribution in [3.8, 4) is 5.75 Å². The Morgan fingerprint density at radius 3 is 1.98 bits per heavy atom. The van der Waals surface area contributed by atoms with Crippen LogP contribution >= 0.6 is 7.14 Å². The molecule has 1 aliphatic heterocycles. The number of rotatable bonds is 11. The molecule has 1 heterocycles. The highest BCUT2D eigenvalue weighted by atomic mass is 31.2. The fraction of sp³-hybridized carbons (Fsp3) is 0.250. The van der Waals surface area contributed by atoms with Crippen molar-refractivity contribution in [1.82, 2.24) is 10.4 Å². The Bertz CT molecular complexity index is 1810. The van der Waals surface area contributed by atoms with E-state index in [1.807, 2.05) is 12.1 Å². The Morgan fingerprint density at radius 2 is 1.47 bits per heavy atom. The molecule has 0 aliphatic carbocycles. The van der Waals surface area contributed by atoms with Crippen molar-refractivity contribution in [2.24, 2.45) is 5.73 Å². The van der Waals surface area contributed by atoms with Crippen LogP contribution in [0.5, 0.6) is 5.75 Å². The summed E-state index contributed by atoms with van der Waals surface area (Å²) in [6.07, 6.45) is 0.458.